The summed E-state index contributed by atoms with van der Waals surface area (Å²) < 4.78 is 17.9. The Morgan fingerprint density at radius 3 is 2.81 bits per heavy atom. The number of furan rings is 1. The van der Waals surface area contributed by atoms with E-state index in [1.807, 2.05) is 48.0 Å². The van der Waals surface area contributed by atoms with Gasteiger partial charge >= 0.3 is 0 Å². The zero-order chi connectivity index (χ0) is 21.4. The summed E-state index contributed by atoms with van der Waals surface area (Å²) in [6.45, 7) is 2.01. The number of anilines is 1. The molecule has 0 aliphatic heterocycles. The topological polar surface area (TPSA) is 94.8 Å². The summed E-state index contributed by atoms with van der Waals surface area (Å²) >= 11 is 0. The van der Waals surface area contributed by atoms with Crippen molar-refractivity contribution in [3.05, 3.63) is 78.4 Å². The van der Waals surface area contributed by atoms with Gasteiger partial charge in [0.05, 0.1) is 24.8 Å². The van der Waals surface area contributed by atoms with Crippen molar-refractivity contribution in [2.75, 3.05) is 12.4 Å². The number of amides is 1. The molecule has 0 saturated carbocycles. The molecule has 0 spiro atoms. The minimum Gasteiger partial charge on any atom is -0.495 e. The molecule has 8 nitrogen and oxygen atoms in total. The molecule has 0 fully saturated rings. The third-order valence-electron chi connectivity index (χ3n) is 4.93. The molecule has 31 heavy (non-hydrogen) atoms. The van der Waals surface area contributed by atoms with Crippen molar-refractivity contribution in [1.29, 1.82) is 0 Å². The molecule has 0 saturated heterocycles. The highest BCUT2D eigenvalue weighted by Crippen LogP contribution is 2.31. The zero-order valence-electron chi connectivity index (χ0n) is 16.8. The Morgan fingerprint density at radius 1 is 1.13 bits per heavy atom. The summed E-state index contributed by atoms with van der Waals surface area (Å²) in [6, 6.07) is 14.5. The number of carbonyl (C=O) groups excluding carboxylic acids is 1. The van der Waals surface area contributed by atoms with Crippen LogP contribution in [0.1, 0.15) is 16.1 Å². The van der Waals surface area contributed by atoms with Crippen molar-refractivity contribution in [3.63, 3.8) is 0 Å². The molecule has 0 bridgehead atoms. The highest BCUT2D eigenvalue weighted by atomic mass is 16.5. The van der Waals surface area contributed by atoms with E-state index in [9.17, 15) is 4.79 Å². The maximum Gasteiger partial charge on any atom is 0.277 e. The average Bonchev–Trinajstić information content (AvgIpc) is 3.54. The van der Waals surface area contributed by atoms with Gasteiger partial charge in [-0.1, -0.05) is 11.2 Å². The molecular formula is C23H18N4O4. The van der Waals surface area contributed by atoms with E-state index in [1.54, 1.807) is 25.3 Å². The minimum absolute atomic E-state index is 0.127. The summed E-state index contributed by atoms with van der Waals surface area (Å²) in [4.78, 5) is 17.5. The Morgan fingerprint density at radius 2 is 2.03 bits per heavy atom. The van der Waals surface area contributed by atoms with Crippen molar-refractivity contribution in [2.24, 2.45) is 0 Å². The van der Waals surface area contributed by atoms with Gasteiger partial charge < -0.3 is 23.4 Å². The summed E-state index contributed by atoms with van der Waals surface area (Å²) in [7, 11) is 1.55. The first-order valence-electron chi connectivity index (χ1n) is 9.57. The molecule has 4 heterocycles. The summed E-state index contributed by atoms with van der Waals surface area (Å²) in [5.41, 5.74) is 4.22. The van der Waals surface area contributed by atoms with Crippen LogP contribution in [0.4, 0.5) is 5.69 Å². The molecule has 1 aromatic carbocycles. The first kappa shape index (κ1) is 18.7. The van der Waals surface area contributed by atoms with E-state index >= 15 is 0 Å². The lowest BCUT2D eigenvalue weighted by Gasteiger charge is -2.10. The minimum atomic E-state index is -0.428. The number of hydrogen-bond donors (Lipinski definition) is 1. The number of hydrogen-bond acceptors (Lipinski definition) is 6. The highest BCUT2D eigenvalue weighted by Gasteiger charge is 2.18. The van der Waals surface area contributed by atoms with Gasteiger partial charge in [0, 0.05) is 24.0 Å². The molecule has 0 radical (unpaired) electrons. The summed E-state index contributed by atoms with van der Waals surface area (Å²) in [5, 5.41) is 6.68. The monoisotopic (exact) mass is 414 g/mol. The molecule has 0 aliphatic rings. The van der Waals surface area contributed by atoms with Crippen LogP contribution in [-0.4, -0.2) is 27.6 Å². The maximum atomic E-state index is 12.8. The Hall–Kier alpha value is -4.33. The fourth-order valence-corrected chi connectivity index (χ4v) is 3.36. The average molecular weight is 414 g/mol. The number of imidazole rings is 1. The van der Waals surface area contributed by atoms with Crippen LogP contribution < -0.4 is 10.1 Å². The van der Waals surface area contributed by atoms with Gasteiger partial charge in [-0.05, 0) is 48.9 Å². The third-order valence-corrected chi connectivity index (χ3v) is 4.93. The first-order chi connectivity index (χ1) is 15.1. The van der Waals surface area contributed by atoms with Crippen molar-refractivity contribution in [2.45, 2.75) is 6.92 Å². The largest absolute Gasteiger partial charge is 0.495 e. The van der Waals surface area contributed by atoms with Gasteiger partial charge in [0.25, 0.3) is 5.91 Å². The Labute approximate surface area is 177 Å². The number of rotatable bonds is 5. The lowest BCUT2D eigenvalue weighted by molar-refractivity contribution is 0.101. The van der Waals surface area contributed by atoms with E-state index in [0.29, 0.717) is 23.0 Å². The van der Waals surface area contributed by atoms with E-state index in [-0.39, 0.29) is 5.69 Å². The maximum absolute atomic E-state index is 12.8. The molecule has 4 aromatic heterocycles. The van der Waals surface area contributed by atoms with E-state index in [4.69, 9.17) is 18.7 Å². The van der Waals surface area contributed by atoms with Crippen LogP contribution in [0.15, 0.2) is 76.1 Å². The third kappa shape index (κ3) is 3.44. The molecule has 5 rings (SSSR count). The van der Waals surface area contributed by atoms with Crippen molar-refractivity contribution in [1.82, 2.24) is 14.5 Å². The Kier molecular flexibility index (Phi) is 4.51. The number of nitrogens with zero attached hydrogens (tertiary/aromatic N) is 3. The SMILES string of the molecule is COc1ccc(-c2cn3cccc(C)c3n2)cc1NC(=O)c1cc(-c2ccco2)on1. The predicted molar refractivity (Wildman–Crippen MR) is 114 cm³/mol. The molecule has 154 valence electrons. The quantitative estimate of drug-likeness (QED) is 0.443. The number of benzene rings is 1. The van der Waals surface area contributed by atoms with Crippen molar-refractivity contribution >= 4 is 17.2 Å². The number of aryl methyl sites for hydroxylation is 1. The van der Waals surface area contributed by atoms with Crippen molar-refractivity contribution in [3.8, 4) is 28.5 Å². The van der Waals surface area contributed by atoms with Gasteiger partial charge in [-0.2, -0.15) is 0 Å². The predicted octanol–water partition coefficient (Wildman–Crippen LogP) is 4.82. The fraction of sp³-hybridized carbons (Fsp3) is 0.0870. The number of aromatic nitrogens is 3. The Balaban J connectivity index is 1.45. The first-order valence-corrected chi connectivity index (χ1v) is 9.57. The zero-order valence-corrected chi connectivity index (χ0v) is 16.8. The van der Waals surface area contributed by atoms with Crippen LogP contribution in [0.25, 0.3) is 28.4 Å². The normalized spacial score (nSPS) is 11.0. The van der Waals surface area contributed by atoms with Crippen LogP contribution in [0.2, 0.25) is 0 Å². The number of nitrogens with one attached hydrogen (secondary N) is 1. The second-order valence-corrected chi connectivity index (χ2v) is 6.97. The molecule has 0 unspecified atom stereocenters. The molecule has 0 aliphatic carbocycles. The van der Waals surface area contributed by atoms with Gasteiger partial charge in [-0.15, -0.1) is 0 Å². The van der Waals surface area contributed by atoms with Crippen LogP contribution in [-0.2, 0) is 0 Å². The van der Waals surface area contributed by atoms with Crippen molar-refractivity contribution < 1.29 is 18.5 Å². The highest BCUT2D eigenvalue weighted by molar-refractivity contribution is 6.04. The number of pyridine rings is 1. The van der Waals surface area contributed by atoms with Crippen LogP contribution in [0.3, 0.4) is 0 Å². The van der Waals surface area contributed by atoms with Crippen LogP contribution in [0.5, 0.6) is 5.75 Å². The number of ether oxygens (including phenoxy) is 1. The van der Waals surface area contributed by atoms with Crippen LogP contribution >= 0.6 is 0 Å². The second kappa shape index (κ2) is 7.49. The van der Waals surface area contributed by atoms with E-state index in [0.717, 1.165) is 22.5 Å². The lowest BCUT2D eigenvalue weighted by atomic mass is 10.1. The molecule has 5 aromatic rings. The fourth-order valence-electron chi connectivity index (χ4n) is 3.36. The number of methoxy groups -OCH3 is 1. The summed E-state index contributed by atoms with van der Waals surface area (Å²) in [5.74, 6) is 0.957. The smallest absolute Gasteiger partial charge is 0.277 e. The lowest BCUT2D eigenvalue weighted by Crippen LogP contribution is -2.13. The molecule has 1 N–H and O–H groups in total. The molecule has 8 heteroatoms. The number of carbonyl (C=O) groups is 1. The Bertz CT molecular complexity index is 1380. The van der Waals surface area contributed by atoms with E-state index in [1.165, 1.54) is 12.3 Å². The van der Waals surface area contributed by atoms with Gasteiger partial charge in [0.15, 0.2) is 11.5 Å². The standard InChI is InChI=1S/C23H18N4O4/c1-14-5-3-9-27-13-18(24-22(14)27)15-7-8-19(29-2)16(11-15)25-23(28)17-12-21(31-26-17)20-6-4-10-30-20/h3-13H,1-2H3,(H,25,28). The molecule has 0 atom stereocenters. The number of fused-ring (bicyclic) bond motifs is 1. The van der Waals surface area contributed by atoms with Gasteiger partial charge in [-0.3, -0.25) is 4.79 Å². The van der Waals surface area contributed by atoms with E-state index < -0.39 is 5.91 Å². The summed E-state index contributed by atoms with van der Waals surface area (Å²) in [6.07, 6.45) is 5.42. The molecular weight excluding hydrogens is 396 g/mol. The van der Waals surface area contributed by atoms with Crippen LogP contribution in [0, 0.1) is 6.92 Å². The second-order valence-electron chi connectivity index (χ2n) is 6.97. The van der Waals surface area contributed by atoms with Gasteiger partial charge in [0.1, 0.15) is 11.4 Å². The van der Waals surface area contributed by atoms with Gasteiger partial charge in [0.2, 0.25) is 5.76 Å². The molecule has 1 amide bonds. The van der Waals surface area contributed by atoms with Gasteiger partial charge in [-0.25, -0.2) is 4.98 Å². The van der Waals surface area contributed by atoms with E-state index in [2.05, 4.69) is 10.5 Å².